The standard InChI is InChI=1S/C32H50N2O2/c1-31-18-16-26-24(20-33-28-19-23(35)15-17-32(26,28)2)25(31)13-14-27(31)30(36)34-29(21-9-5-3-6-10-21)22-11-7-4-8-12-22/h21-22,24-27,29H,3-20H2,1-2H3,(H,34,36)/t24-,25-,26+,27?,31-,32+/m0/s1. The third-order valence-corrected chi connectivity index (χ3v) is 12.6. The van der Waals surface area contributed by atoms with Gasteiger partial charge < -0.3 is 5.32 Å². The molecule has 4 nitrogen and oxygen atoms in total. The van der Waals surface area contributed by atoms with Crippen molar-refractivity contribution >= 4 is 17.4 Å². The Kier molecular flexibility index (Phi) is 6.86. The average Bonchev–Trinajstić information content (AvgIpc) is 3.26. The molecule has 4 heteroatoms. The molecule has 1 aliphatic heterocycles. The lowest BCUT2D eigenvalue weighted by Crippen LogP contribution is -2.56. The molecule has 5 fully saturated rings. The van der Waals surface area contributed by atoms with E-state index in [4.69, 9.17) is 4.99 Å². The van der Waals surface area contributed by atoms with E-state index in [-0.39, 0.29) is 16.7 Å². The van der Waals surface area contributed by atoms with Gasteiger partial charge in [0.25, 0.3) is 0 Å². The van der Waals surface area contributed by atoms with Gasteiger partial charge in [-0.2, -0.15) is 0 Å². The molecule has 6 aliphatic rings. The summed E-state index contributed by atoms with van der Waals surface area (Å²) in [6.07, 6.45) is 20.4. The molecule has 36 heavy (non-hydrogen) atoms. The molecule has 1 heterocycles. The van der Waals surface area contributed by atoms with Crippen LogP contribution >= 0.6 is 0 Å². The monoisotopic (exact) mass is 494 g/mol. The van der Waals surface area contributed by atoms with Gasteiger partial charge in [0.1, 0.15) is 5.78 Å². The molecule has 6 atom stereocenters. The molecule has 0 aromatic rings. The second kappa shape index (κ2) is 9.84. The lowest BCUT2D eigenvalue weighted by molar-refractivity contribution is -0.133. The highest BCUT2D eigenvalue weighted by Crippen LogP contribution is 2.63. The first-order chi connectivity index (χ1) is 17.4. The quantitative estimate of drug-likeness (QED) is 0.462. The van der Waals surface area contributed by atoms with Gasteiger partial charge in [-0.3, -0.25) is 14.6 Å². The first-order valence-electron chi connectivity index (χ1n) is 15.8. The average molecular weight is 495 g/mol. The summed E-state index contributed by atoms with van der Waals surface area (Å²) < 4.78 is 0. The number of fused-ring (bicyclic) bond motifs is 5. The minimum absolute atomic E-state index is 0.114. The zero-order valence-electron chi connectivity index (χ0n) is 23.0. The van der Waals surface area contributed by atoms with E-state index in [9.17, 15) is 9.59 Å². The van der Waals surface area contributed by atoms with Crippen molar-refractivity contribution in [3.8, 4) is 0 Å². The lowest BCUT2D eigenvalue weighted by atomic mass is 9.49. The van der Waals surface area contributed by atoms with Gasteiger partial charge >= 0.3 is 0 Å². The van der Waals surface area contributed by atoms with Gasteiger partial charge in [0.05, 0.1) is 0 Å². The van der Waals surface area contributed by atoms with Crippen molar-refractivity contribution in [1.82, 2.24) is 5.32 Å². The van der Waals surface area contributed by atoms with Crippen molar-refractivity contribution in [1.29, 1.82) is 0 Å². The molecule has 0 radical (unpaired) electrons. The van der Waals surface area contributed by atoms with E-state index in [2.05, 4.69) is 19.2 Å². The normalized spacial score (nSPS) is 41.9. The van der Waals surface area contributed by atoms with Crippen molar-refractivity contribution in [2.75, 3.05) is 6.54 Å². The summed E-state index contributed by atoms with van der Waals surface area (Å²) >= 11 is 0. The van der Waals surface area contributed by atoms with Crippen molar-refractivity contribution in [2.45, 2.75) is 129 Å². The highest BCUT2D eigenvalue weighted by Gasteiger charge is 2.60. The SMILES string of the molecule is C[C@]12CCC(=O)CC1=NC[C@@H]1[C@H]2CC[C@]2(C)C(C(=O)NC(C3CCCCC3)C3CCCCC3)CC[C@@H]12. The first-order valence-corrected chi connectivity index (χ1v) is 15.8. The van der Waals surface area contributed by atoms with E-state index in [0.29, 0.717) is 53.7 Å². The Morgan fingerprint density at radius 1 is 0.861 bits per heavy atom. The molecule has 5 saturated carbocycles. The van der Waals surface area contributed by atoms with E-state index in [1.165, 1.54) is 89.2 Å². The maximum Gasteiger partial charge on any atom is 0.223 e. The van der Waals surface area contributed by atoms with Crippen LogP contribution in [0.1, 0.15) is 123 Å². The van der Waals surface area contributed by atoms with E-state index in [1.54, 1.807) is 0 Å². The van der Waals surface area contributed by atoms with Crippen LogP contribution in [0.3, 0.4) is 0 Å². The number of carbonyl (C=O) groups is 2. The Hall–Kier alpha value is -1.19. The molecule has 0 bridgehead atoms. The van der Waals surface area contributed by atoms with Crippen LogP contribution in [0.4, 0.5) is 0 Å². The predicted octanol–water partition coefficient (Wildman–Crippen LogP) is 6.90. The fraction of sp³-hybridized carbons (Fsp3) is 0.906. The summed E-state index contributed by atoms with van der Waals surface area (Å²) in [5, 5.41) is 3.78. The van der Waals surface area contributed by atoms with E-state index in [1.807, 2.05) is 0 Å². The molecule has 0 aromatic heterocycles. The molecule has 6 rings (SSSR count). The number of carbonyl (C=O) groups excluding carboxylic acids is 2. The van der Waals surface area contributed by atoms with Gasteiger partial charge in [-0.05, 0) is 92.8 Å². The second-order valence-electron chi connectivity index (χ2n) is 14.3. The highest BCUT2D eigenvalue weighted by molar-refractivity contribution is 6.07. The maximum absolute atomic E-state index is 14.1. The number of nitrogens with zero attached hydrogens (tertiary/aromatic N) is 1. The molecule has 0 aromatic carbocycles. The van der Waals surface area contributed by atoms with Gasteiger partial charge in [-0.15, -0.1) is 0 Å². The van der Waals surface area contributed by atoms with Crippen LogP contribution in [-0.4, -0.2) is 30.0 Å². The van der Waals surface area contributed by atoms with Crippen LogP contribution in [0.5, 0.6) is 0 Å². The highest BCUT2D eigenvalue weighted by atomic mass is 16.2. The number of hydrogen-bond acceptors (Lipinski definition) is 3. The number of hydrogen-bond donors (Lipinski definition) is 1. The Morgan fingerprint density at radius 2 is 1.53 bits per heavy atom. The Balaban J connectivity index is 1.19. The lowest BCUT2D eigenvalue weighted by Gasteiger charge is -2.56. The summed E-state index contributed by atoms with van der Waals surface area (Å²) in [5.41, 5.74) is 1.44. The number of nitrogens with one attached hydrogen (secondary N) is 1. The topological polar surface area (TPSA) is 58.5 Å². The van der Waals surface area contributed by atoms with Gasteiger partial charge in [0, 0.05) is 42.5 Å². The molecule has 0 spiro atoms. The fourth-order valence-corrected chi connectivity index (χ4v) is 10.5. The van der Waals surface area contributed by atoms with Crippen molar-refractivity contribution in [3.63, 3.8) is 0 Å². The molecule has 1 amide bonds. The van der Waals surface area contributed by atoms with E-state index >= 15 is 0 Å². The minimum atomic E-state index is 0.114. The van der Waals surface area contributed by atoms with Crippen LogP contribution in [0.2, 0.25) is 0 Å². The summed E-state index contributed by atoms with van der Waals surface area (Å²) in [6, 6.07) is 0.414. The third kappa shape index (κ3) is 4.21. The van der Waals surface area contributed by atoms with Crippen LogP contribution < -0.4 is 5.32 Å². The van der Waals surface area contributed by atoms with Crippen LogP contribution in [0.25, 0.3) is 0 Å². The molecule has 5 aliphatic carbocycles. The van der Waals surface area contributed by atoms with Crippen LogP contribution in [0.15, 0.2) is 4.99 Å². The minimum Gasteiger partial charge on any atom is -0.353 e. The fourth-order valence-electron chi connectivity index (χ4n) is 10.5. The second-order valence-corrected chi connectivity index (χ2v) is 14.3. The van der Waals surface area contributed by atoms with Crippen LogP contribution in [0, 0.1) is 46.3 Å². The van der Waals surface area contributed by atoms with E-state index in [0.717, 1.165) is 25.8 Å². The number of Topliss-reactive ketones (excluding diaryl/α,β-unsaturated/α-hetero) is 1. The Labute approximate surface area is 219 Å². The maximum atomic E-state index is 14.1. The van der Waals surface area contributed by atoms with Gasteiger partial charge in [0.2, 0.25) is 5.91 Å². The van der Waals surface area contributed by atoms with Gasteiger partial charge in [0.15, 0.2) is 0 Å². The Bertz CT molecular complexity index is 867. The summed E-state index contributed by atoms with van der Waals surface area (Å²) in [6.45, 7) is 5.77. The van der Waals surface area contributed by atoms with E-state index < -0.39 is 0 Å². The number of amides is 1. The molecule has 0 saturated heterocycles. The summed E-state index contributed by atoms with van der Waals surface area (Å²) in [7, 11) is 0. The predicted molar refractivity (Wildman–Crippen MR) is 145 cm³/mol. The molecular formula is C32H50N2O2. The largest absolute Gasteiger partial charge is 0.353 e. The molecule has 1 N–H and O–H groups in total. The molecule has 200 valence electrons. The number of aliphatic imine (C=N–C) groups is 1. The Morgan fingerprint density at radius 3 is 2.19 bits per heavy atom. The van der Waals surface area contributed by atoms with Gasteiger partial charge in [-0.1, -0.05) is 52.4 Å². The summed E-state index contributed by atoms with van der Waals surface area (Å²) in [4.78, 5) is 31.4. The van der Waals surface area contributed by atoms with Crippen molar-refractivity contribution < 1.29 is 9.59 Å². The number of rotatable bonds is 4. The van der Waals surface area contributed by atoms with Gasteiger partial charge in [-0.25, -0.2) is 0 Å². The molecular weight excluding hydrogens is 444 g/mol. The molecule has 1 unspecified atom stereocenters. The first kappa shape index (κ1) is 25.1. The third-order valence-electron chi connectivity index (χ3n) is 12.6. The number of ketones is 1. The van der Waals surface area contributed by atoms with Crippen molar-refractivity contribution in [2.24, 2.45) is 51.3 Å². The summed E-state index contributed by atoms with van der Waals surface area (Å²) in [5.74, 6) is 4.20. The zero-order chi connectivity index (χ0) is 24.9. The van der Waals surface area contributed by atoms with Crippen LogP contribution in [-0.2, 0) is 9.59 Å². The van der Waals surface area contributed by atoms with Crippen molar-refractivity contribution in [3.05, 3.63) is 0 Å². The zero-order valence-corrected chi connectivity index (χ0v) is 23.0. The smallest absolute Gasteiger partial charge is 0.223 e.